The van der Waals surface area contributed by atoms with E-state index in [1.165, 1.54) is 43.4 Å². The molecule has 0 N–H and O–H groups in total. The van der Waals surface area contributed by atoms with Crippen LogP contribution in [0.1, 0.15) is 0 Å². The fraction of sp³-hybridized carbons (Fsp3) is 0. The van der Waals surface area contributed by atoms with Crippen LogP contribution in [0.2, 0.25) is 0 Å². The summed E-state index contributed by atoms with van der Waals surface area (Å²) in [5.74, 6) is 0.805. The molecule has 2 aromatic heterocycles. The zero-order chi connectivity index (χ0) is 29.0. The second kappa shape index (κ2) is 9.82. The summed E-state index contributed by atoms with van der Waals surface area (Å²) in [6.07, 6.45) is 0. The molecule has 0 fully saturated rings. The van der Waals surface area contributed by atoms with Crippen LogP contribution in [0.25, 0.3) is 65.5 Å². The van der Waals surface area contributed by atoms with Gasteiger partial charge in [0.25, 0.3) is 0 Å². The first-order valence-electron chi connectivity index (χ1n) is 14.9. The number of para-hydroxylation sites is 2. The van der Waals surface area contributed by atoms with Crippen molar-refractivity contribution in [2.45, 2.75) is 0 Å². The van der Waals surface area contributed by atoms with E-state index in [4.69, 9.17) is 9.40 Å². The van der Waals surface area contributed by atoms with Gasteiger partial charge < -0.3 is 4.42 Å². The summed E-state index contributed by atoms with van der Waals surface area (Å²) in [7, 11) is 0. The Kier molecular flexibility index (Phi) is 5.50. The zero-order valence-electron chi connectivity index (χ0n) is 23.8. The number of anilines is 3. The summed E-state index contributed by atoms with van der Waals surface area (Å²) in [5.41, 5.74) is 5.91. The van der Waals surface area contributed by atoms with Crippen molar-refractivity contribution < 1.29 is 4.42 Å². The van der Waals surface area contributed by atoms with Crippen LogP contribution in [0.3, 0.4) is 0 Å². The molecule has 0 aliphatic rings. The fourth-order valence-corrected chi connectivity index (χ4v) is 6.60. The fourth-order valence-electron chi connectivity index (χ4n) is 6.60. The minimum absolute atomic E-state index is 0.636. The molecule has 0 bridgehead atoms. The molecule has 2 heterocycles. The van der Waals surface area contributed by atoms with E-state index < -0.39 is 0 Å². The lowest BCUT2D eigenvalue weighted by atomic mass is 9.92. The Morgan fingerprint density at radius 3 is 1.61 bits per heavy atom. The van der Waals surface area contributed by atoms with Gasteiger partial charge in [-0.3, -0.25) is 4.90 Å². The van der Waals surface area contributed by atoms with Crippen molar-refractivity contribution in [2.24, 2.45) is 0 Å². The highest BCUT2D eigenvalue weighted by Crippen LogP contribution is 2.39. The van der Waals surface area contributed by atoms with E-state index in [-0.39, 0.29) is 0 Å². The molecule has 0 spiro atoms. The Labute approximate surface area is 254 Å². The Hall–Kier alpha value is -5.93. The number of hydrogen-bond donors (Lipinski definition) is 0. The molecular weight excluding hydrogens is 536 g/mol. The van der Waals surface area contributed by atoms with E-state index >= 15 is 0 Å². The molecule has 0 amide bonds. The predicted octanol–water partition coefficient (Wildman–Crippen LogP) is 11.6. The van der Waals surface area contributed by atoms with Crippen LogP contribution >= 0.6 is 0 Å². The highest BCUT2D eigenvalue weighted by atomic mass is 16.3. The lowest BCUT2D eigenvalue weighted by molar-refractivity contribution is 0.654. The van der Waals surface area contributed by atoms with Gasteiger partial charge in [-0.05, 0) is 92.0 Å². The van der Waals surface area contributed by atoms with Gasteiger partial charge in [0.15, 0.2) is 0 Å². The van der Waals surface area contributed by atoms with E-state index in [0.717, 1.165) is 33.5 Å². The minimum atomic E-state index is 0.636. The van der Waals surface area contributed by atoms with Crippen LogP contribution in [0.4, 0.5) is 17.2 Å². The summed E-state index contributed by atoms with van der Waals surface area (Å²) in [5, 5.41) is 9.80. The van der Waals surface area contributed by atoms with E-state index in [0.29, 0.717) is 5.71 Å². The number of nitrogens with zero attached hydrogens (tertiary/aromatic N) is 2. The second-order valence-electron chi connectivity index (χ2n) is 11.2. The van der Waals surface area contributed by atoms with E-state index in [2.05, 4.69) is 138 Å². The van der Waals surface area contributed by atoms with Gasteiger partial charge in [0, 0.05) is 22.1 Å². The van der Waals surface area contributed by atoms with Crippen LogP contribution < -0.4 is 4.90 Å². The SMILES string of the molecule is c1ccc(N(c2ccc(-c3ccc4c5ccccc5c5ccccc5c4c3)cc2)c2ccc3c(n2)oc2ccccc23)cc1. The first-order chi connectivity index (χ1) is 21.8. The van der Waals surface area contributed by atoms with Crippen molar-refractivity contribution in [1.29, 1.82) is 0 Å². The molecule has 206 valence electrons. The third-order valence-electron chi connectivity index (χ3n) is 8.68. The maximum Gasteiger partial charge on any atom is 0.229 e. The lowest BCUT2D eigenvalue weighted by Crippen LogP contribution is -2.11. The molecule has 0 atom stereocenters. The smallest absolute Gasteiger partial charge is 0.229 e. The highest BCUT2D eigenvalue weighted by Gasteiger charge is 2.17. The lowest BCUT2D eigenvalue weighted by Gasteiger charge is -2.24. The average molecular weight is 563 g/mol. The molecule has 0 saturated carbocycles. The third-order valence-corrected chi connectivity index (χ3v) is 8.68. The Balaban J connectivity index is 1.16. The van der Waals surface area contributed by atoms with Crippen molar-refractivity contribution in [3.8, 4) is 11.1 Å². The van der Waals surface area contributed by atoms with Gasteiger partial charge in [0.1, 0.15) is 11.4 Å². The highest BCUT2D eigenvalue weighted by molar-refractivity contribution is 6.25. The summed E-state index contributed by atoms with van der Waals surface area (Å²) < 4.78 is 6.15. The quantitative estimate of drug-likeness (QED) is 0.200. The molecule has 7 aromatic carbocycles. The molecule has 0 saturated heterocycles. The van der Waals surface area contributed by atoms with Crippen molar-refractivity contribution in [2.75, 3.05) is 4.90 Å². The topological polar surface area (TPSA) is 29.3 Å². The van der Waals surface area contributed by atoms with Gasteiger partial charge in [-0.25, -0.2) is 0 Å². The van der Waals surface area contributed by atoms with Crippen molar-refractivity contribution in [1.82, 2.24) is 4.98 Å². The molecule has 44 heavy (non-hydrogen) atoms. The largest absolute Gasteiger partial charge is 0.438 e. The maximum atomic E-state index is 6.15. The average Bonchev–Trinajstić information content (AvgIpc) is 3.47. The first-order valence-corrected chi connectivity index (χ1v) is 14.9. The monoisotopic (exact) mass is 562 g/mol. The van der Waals surface area contributed by atoms with Crippen LogP contribution in [-0.2, 0) is 0 Å². The molecule has 9 aromatic rings. The second-order valence-corrected chi connectivity index (χ2v) is 11.2. The Bertz CT molecular complexity index is 2460. The standard InChI is InChI=1S/C41H26N2O/c1-2-10-29(11-3-1)43(40-25-24-37-36-16-8-9-17-39(36)44-41(37)42-40)30-21-18-27(19-22-30)28-20-23-35-33-14-5-4-12-31(33)32-13-6-7-15-34(32)38(35)26-28/h1-26H. The van der Waals surface area contributed by atoms with E-state index in [1.54, 1.807) is 0 Å². The normalized spacial score (nSPS) is 11.6. The van der Waals surface area contributed by atoms with Gasteiger partial charge in [-0.1, -0.05) is 109 Å². The van der Waals surface area contributed by atoms with Crippen molar-refractivity contribution in [3.63, 3.8) is 0 Å². The maximum absolute atomic E-state index is 6.15. The van der Waals surface area contributed by atoms with Crippen LogP contribution in [0, 0.1) is 0 Å². The van der Waals surface area contributed by atoms with Crippen molar-refractivity contribution >= 4 is 71.6 Å². The molecular formula is C41H26N2O. The zero-order valence-corrected chi connectivity index (χ0v) is 23.8. The van der Waals surface area contributed by atoms with Crippen LogP contribution in [-0.4, -0.2) is 4.98 Å². The molecule has 3 nitrogen and oxygen atoms in total. The number of pyridine rings is 1. The number of furan rings is 1. The van der Waals surface area contributed by atoms with Crippen LogP contribution in [0.15, 0.2) is 162 Å². The Morgan fingerprint density at radius 1 is 0.386 bits per heavy atom. The molecule has 0 aliphatic heterocycles. The van der Waals surface area contributed by atoms with E-state index in [1.807, 2.05) is 24.3 Å². The summed E-state index contributed by atoms with van der Waals surface area (Å²) in [6.45, 7) is 0. The van der Waals surface area contributed by atoms with Gasteiger partial charge in [0.2, 0.25) is 5.71 Å². The summed E-state index contributed by atoms with van der Waals surface area (Å²) >= 11 is 0. The Morgan fingerprint density at radius 2 is 0.909 bits per heavy atom. The van der Waals surface area contributed by atoms with Gasteiger partial charge >= 0.3 is 0 Å². The number of benzene rings is 7. The first kappa shape index (κ1) is 24.6. The van der Waals surface area contributed by atoms with Crippen molar-refractivity contribution in [3.05, 3.63) is 158 Å². The number of rotatable bonds is 4. The van der Waals surface area contributed by atoms with Gasteiger partial charge in [-0.15, -0.1) is 0 Å². The van der Waals surface area contributed by atoms with Gasteiger partial charge in [-0.2, -0.15) is 4.98 Å². The predicted molar refractivity (Wildman–Crippen MR) is 184 cm³/mol. The van der Waals surface area contributed by atoms with Crippen LogP contribution in [0.5, 0.6) is 0 Å². The molecule has 0 unspecified atom stereocenters. The summed E-state index contributed by atoms with van der Waals surface area (Å²) in [4.78, 5) is 7.17. The third kappa shape index (κ3) is 3.87. The molecule has 0 radical (unpaired) electrons. The molecule has 3 heteroatoms. The van der Waals surface area contributed by atoms with E-state index in [9.17, 15) is 0 Å². The number of aromatic nitrogens is 1. The van der Waals surface area contributed by atoms with Gasteiger partial charge in [0.05, 0.1) is 0 Å². The molecule has 9 rings (SSSR count). The minimum Gasteiger partial charge on any atom is -0.438 e. The number of hydrogen-bond acceptors (Lipinski definition) is 3. The molecule has 0 aliphatic carbocycles. The summed E-state index contributed by atoms with van der Waals surface area (Å²) in [6, 6.07) is 55.7. The number of fused-ring (bicyclic) bond motifs is 9.